The highest BCUT2D eigenvalue weighted by molar-refractivity contribution is 7.90. The molecule has 1 aliphatic heterocycles. The lowest BCUT2D eigenvalue weighted by molar-refractivity contribution is 0.234. The second kappa shape index (κ2) is 13.0. The van der Waals surface area contributed by atoms with Crippen molar-refractivity contribution in [3.05, 3.63) is 60.0 Å². The Hall–Kier alpha value is -2.60. The first kappa shape index (κ1) is 31.6. The monoisotopic (exact) mass is 595 g/mol. The van der Waals surface area contributed by atoms with Gasteiger partial charge in [-0.05, 0) is 48.0 Å². The highest BCUT2D eigenvalue weighted by Gasteiger charge is 2.23. The Morgan fingerprint density at radius 3 is 1.95 bits per heavy atom. The number of rotatable bonds is 5. The van der Waals surface area contributed by atoms with E-state index in [1.807, 2.05) is 6.07 Å². The van der Waals surface area contributed by atoms with E-state index in [2.05, 4.69) is 10.2 Å². The molecular weight excluding hydrogens is 565 g/mol. The van der Waals surface area contributed by atoms with Crippen molar-refractivity contribution < 1.29 is 43.5 Å². The Bertz CT molecular complexity index is 1500. The summed E-state index contributed by atoms with van der Waals surface area (Å²) < 4.78 is 98.0. The van der Waals surface area contributed by atoms with E-state index >= 15 is 0 Å². The highest BCUT2D eigenvalue weighted by atomic mass is 32.2. The van der Waals surface area contributed by atoms with E-state index in [4.69, 9.17) is 13.8 Å². The summed E-state index contributed by atoms with van der Waals surface area (Å²) in [6.07, 6.45) is 3.10. The predicted octanol–water partition coefficient (Wildman–Crippen LogP) is 1.44. The number of hydrogen-bond donors (Lipinski definition) is 3. The lowest BCUT2D eigenvalue weighted by Gasteiger charge is -2.26. The first-order chi connectivity index (χ1) is 17.5. The Labute approximate surface area is 221 Å². The molecule has 0 spiro atoms. The van der Waals surface area contributed by atoms with Crippen molar-refractivity contribution in [2.24, 2.45) is 0 Å². The van der Waals surface area contributed by atoms with Crippen LogP contribution in [-0.2, 0) is 36.8 Å². The Morgan fingerprint density at radius 2 is 1.45 bits per heavy atom. The van der Waals surface area contributed by atoms with Gasteiger partial charge in [0.1, 0.15) is 11.6 Å². The lowest BCUT2D eigenvalue weighted by atomic mass is 10.1. The van der Waals surface area contributed by atoms with E-state index in [0.717, 1.165) is 49.3 Å². The van der Waals surface area contributed by atoms with Crippen LogP contribution in [0.4, 0.5) is 4.39 Å². The van der Waals surface area contributed by atoms with Crippen molar-refractivity contribution in [3.8, 4) is 5.75 Å². The quantitative estimate of drug-likeness (QED) is 0.364. The second-order valence-electron chi connectivity index (χ2n) is 8.28. The zero-order valence-corrected chi connectivity index (χ0v) is 23.4. The van der Waals surface area contributed by atoms with Crippen LogP contribution in [0, 0.1) is 5.82 Å². The van der Waals surface area contributed by atoms with Gasteiger partial charge < -0.3 is 10.1 Å². The maximum absolute atomic E-state index is 13.3. The molecule has 16 heteroatoms. The fraction of sp³-hybridized carbons (Fsp3) is 0.364. The van der Waals surface area contributed by atoms with Crippen molar-refractivity contribution in [1.82, 2.24) is 14.2 Å². The number of piperazine rings is 1. The fourth-order valence-electron chi connectivity index (χ4n) is 3.53. The third-order valence-corrected chi connectivity index (χ3v) is 6.72. The molecule has 0 saturated carbocycles. The molecule has 0 radical (unpaired) electrons. The van der Waals surface area contributed by atoms with Crippen LogP contribution in [0.3, 0.4) is 0 Å². The number of aromatic nitrogens is 1. The number of nitrogens with one attached hydrogen (secondary N) is 1. The molecule has 12 nitrogen and oxygen atoms in total. The van der Waals surface area contributed by atoms with Crippen LogP contribution in [0.15, 0.2) is 53.6 Å². The van der Waals surface area contributed by atoms with Crippen molar-refractivity contribution in [1.29, 1.82) is 0 Å². The van der Waals surface area contributed by atoms with Gasteiger partial charge in [-0.2, -0.15) is 16.8 Å². The van der Waals surface area contributed by atoms with E-state index < -0.39 is 36.1 Å². The van der Waals surface area contributed by atoms with Crippen molar-refractivity contribution >= 4 is 41.2 Å². The van der Waals surface area contributed by atoms with Crippen LogP contribution >= 0.6 is 0 Å². The topological polar surface area (TPSA) is 172 Å². The molecule has 0 atom stereocenters. The standard InChI is InChI=1S/C20H22FN3O3S.2CH4O3S/c1-27-17-4-7-20-19(12-17)15(13-23-10-8-22-9-11-23)14-24(20)28(25,26)18-5-2-16(21)3-6-18;2*1-5(2,3)4/h2-7,12,14,22H,8-11,13H2,1H3;2*1H3,(H,2,3,4). The molecule has 0 unspecified atom stereocenters. The predicted molar refractivity (Wildman–Crippen MR) is 141 cm³/mol. The smallest absolute Gasteiger partial charge is 0.268 e. The maximum atomic E-state index is 13.3. The summed E-state index contributed by atoms with van der Waals surface area (Å²) in [6, 6.07) is 10.2. The van der Waals surface area contributed by atoms with Gasteiger partial charge >= 0.3 is 0 Å². The summed E-state index contributed by atoms with van der Waals surface area (Å²) in [6.45, 7) is 4.28. The van der Waals surface area contributed by atoms with Gasteiger partial charge in [0, 0.05) is 44.3 Å². The van der Waals surface area contributed by atoms with Gasteiger partial charge in [-0.15, -0.1) is 0 Å². The van der Waals surface area contributed by atoms with Crippen molar-refractivity contribution in [2.75, 3.05) is 45.8 Å². The molecule has 4 rings (SSSR count). The molecule has 1 aliphatic rings. The zero-order chi connectivity index (χ0) is 28.7. The minimum atomic E-state index is -3.84. The first-order valence-corrected chi connectivity index (χ1v) is 16.1. The van der Waals surface area contributed by atoms with E-state index in [1.54, 1.807) is 25.4 Å². The summed E-state index contributed by atoms with van der Waals surface area (Å²) >= 11 is 0. The van der Waals surface area contributed by atoms with Crippen molar-refractivity contribution in [3.63, 3.8) is 0 Å². The Balaban J connectivity index is 0.000000435. The third kappa shape index (κ3) is 10.3. The minimum absolute atomic E-state index is 0.0512. The molecule has 0 aliphatic carbocycles. The van der Waals surface area contributed by atoms with Crippen LogP contribution in [0.5, 0.6) is 5.75 Å². The number of nitrogens with zero attached hydrogens (tertiary/aromatic N) is 2. The summed E-state index contributed by atoms with van der Waals surface area (Å²) in [5, 5.41) is 4.15. The molecule has 3 aromatic rings. The second-order valence-corrected chi connectivity index (χ2v) is 13.0. The average molecular weight is 596 g/mol. The summed E-state index contributed by atoms with van der Waals surface area (Å²) in [4.78, 5) is 2.34. The van der Waals surface area contributed by atoms with Crippen LogP contribution in [-0.4, -0.2) is 89.0 Å². The van der Waals surface area contributed by atoms with Gasteiger partial charge in [0.15, 0.2) is 0 Å². The summed E-state index contributed by atoms with van der Waals surface area (Å²) in [5.41, 5.74) is 1.50. The number of methoxy groups -OCH3 is 1. The van der Waals surface area contributed by atoms with Gasteiger partial charge in [-0.3, -0.25) is 14.0 Å². The normalized spacial score (nSPS) is 14.7. The van der Waals surface area contributed by atoms with Crippen LogP contribution in [0.1, 0.15) is 5.56 Å². The molecule has 1 aromatic heterocycles. The van der Waals surface area contributed by atoms with E-state index in [1.165, 1.54) is 16.1 Å². The minimum Gasteiger partial charge on any atom is -0.497 e. The molecule has 1 fully saturated rings. The Kier molecular flexibility index (Phi) is 10.8. The van der Waals surface area contributed by atoms with E-state index in [-0.39, 0.29) is 4.90 Å². The molecule has 212 valence electrons. The first-order valence-electron chi connectivity index (χ1n) is 11.0. The van der Waals surface area contributed by atoms with Gasteiger partial charge in [-0.1, -0.05) is 0 Å². The van der Waals surface area contributed by atoms with Crippen LogP contribution < -0.4 is 10.1 Å². The third-order valence-electron chi connectivity index (χ3n) is 5.03. The van der Waals surface area contributed by atoms with Crippen LogP contribution in [0.2, 0.25) is 0 Å². The molecule has 2 aromatic carbocycles. The molecule has 38 heavy (non-hydrogen) atoms. The molecule has 1 saturated heterocycles. The average Bonchev–Trinajstić information content (AvgIpc) is 3.16. The number of halogens is 1. The number of benzene rings is 2. The number of fused-ring (bicyclic) bond motifs is 1. The maximum Gasteiger partial charge on any atom is 0.268 e. The van der Waals surface area contributed by atoms with Gasteiger partial charge in [0.25, 0.3) is 30.3 Å². The number of ether oxygens (including phenoxy) is 1. The molecule has 3 N–H and O–H groups in total. The largest absolute Gasteiger partial charge is 0.497 e. The van der Waals surface area contributed by atoms with E-state index in [0.29, 0.717) is 30.3 Å². The molecular formula is C22H30FN3O9S3. The molecule has 2 heterocycles. The highest BCUT2D eigenvalue weighted by Crippen LogP contribution is 2.30. The fourth-order valence-corrected chi connectivity index (χ4v) is 4.92. The summed E-state index contributed by atoms with van der Waals surface area (Å²) in [7, 11) is -9.59. The molecule has 0 amide bonds. The SMILES string of the molecule is COc1ccc2c(c1)c(CN1CCNCC1)cn2S(=O)(=O)c1ccc(F)cc1.CS(=O)(=O)O.CS(=O)(=O)O. The number of hydrogen-bond acceptors (Lipinski definition) is 9. The lowest BCUT2D eigenvalue weighted by Crippen LogP contribution is -2.42. The molecule has 0 bridgehead atoms. The van der Waals surface area contributed by atoms with Crippen molar-refractivity contribution in [2.45, 2.75) is 11.4 Å². The van der Waals surface area contributed by atoms with Gasteiger partial charge in [0.05, 0.1) is 30.0 Å². The van der Waals surface area contributed by atoms with Crippen LogP contribution in [0.25, 0.3) is 10.9 Å². The Morgan fingerprint density at radius 1 is 0.921 bits per heavy atom. The zero-order valence-electron chi connectivity index (χ0n) is 20.9. The van der Waals surface area contributed by atoms with E-state index in [9.17, 15) is 29.6 Å². The summed E-state index contributed by atoms with van der Waals surface area (Å²) in [5.74, 6) is 0.200. The van der Waals surface area contributed by atoms with Gasteiger partial charge in [0.2, 0.25) is 0 Å². The van der Waals surface area contributed by atoms with Gasteiger partial charge in [-0.25, -0.2) is 16.8 Å².